The molecular formula is C23H29N5O2S. The van der Waals surface area contributed by atoms with Crippen LogP contribution in [0.25, 0.3) is 22.0 Å². The number of aromatic nitrogens is 2. The highest BCUT2D eigenvalue weighted by Gasteiger charge is 2.22. The van der Waals surface area contributed by atoms with Gasteiger partial charge in [-0.05, 0) is 56.5 Å². The number of pyridine rings is 1. The first-order chi connectivity index (χ1) is 15.1. The molecule has 2 aliphatic rings. The van der Waals surface area contributed by atoms with Gasteiger partial charge in [0.25, 0.3) is 0 Å². The zero-order chi connectivity index (χ0) is 21.4. The van der Waals surface area contributed by atoms with Crippen molar-refractivity contribution in [3.05, 3.63) is 35.7 Å². The predicted molar refractivity (Wildman–Crippen MR) is 124 cm³/mol. The van der Waals surface area contributed by atoms with Crippen molar-refractivity contribution in [2.45, 2.75) is 50.5 Å². The number of anilines is 1. The highest BCUT2D eigenvalue weighted by atomic mass is 32.2. The minimum Gasteiger partial charge on any atom is -0.361 e. The number of fused-ring (bicyclic) bond motifs is 1. The Balaban J connectivity index is 1.61. The van der Waals surface area contributed by atoms with Gasteiger partial charge < -0.3 is 14.7 Å². The van der Waals surface area contributed by atoms with Crippen molar-refractivity contribution in [2.75, 3.05) is 31.1 Å². The van der Waals surface area contributed by atoms with Gasteiger partial charge in [-0.1, -0.05) is 18.0 Å². The maximum Gasteiger partial charge on any atom is 0.141 e. The summed E-state index contributed by atoms with van der Waals surface area (Å²) in [6.45, 7) is 7.64. The minimum absolute atomic E-state index is 0.312. The first-order valence-corrected chi connectivity index (χ1v) is 12.3. The number of nitrogens with zero attached hydrogens (tertiary/aromatic N) is 3. The molecule has 0 bridgehead atoms. The highest BCUT2D eigenvalue weighted by Crippen LogP contribution is 2.34. The van der Waals surface area contributed by atoms with Crippen LogP contribution >= 0.6 is 0 Å². The highest BCUT2D eigenvalue weighted by molar-refractivity contribution is 7.83. The summed E-state index contributed by atoms with van der Waals surface area (Å²) < 4.78 is 22.2. The van der Waals surface area contributed by atoms with Gasteiger partial charge in [0.2, 0.25) is 0 Å². The predicted octanol–water partition coefficient (Wildman–Crippen LogP) is 3.47. The third-order valence-corrected chi connectivity index (χ3v) is 7.63. The lowest BCUT2D eigenvalue weighted by molar-refractivity contribution is 0.393. The number of nitrogens with one attached hydrogen (secondary N) is 2. The lowest BCUT2D eigenvalue weighted by Gasteiger charge is -2.28. The molecule has 1 unspecified atom stereocenters. The summed E-state index contributed by atoms with van der Waals surface area (Å²) in [6, 6.07) is 8.52. The molecule has 164 valence electrons. The van der Waals surface area contributed by atoms with Gasteiger partial charge in [-0.3, -0.25) is 0 Å². The van der Waals surface area contributed by atoms with Crippen molar-refractivity contribution in [1.29, 1.82) is 0 Å². The van der Waals surface area contributed by atoms with E-state index in [9.17, 15) is 4.21 Å². The summed E-state index contributed by atoms with van der Waals surface area (Å²) in [4.78, 5) is 8.06. The molecule has 0 spiro atoms. The van der Waals surface area contributed by atoms with Gasteiger partial charge in [0.05, 0.1) is 16.1 Å². The quantitative estimate of drug-likeness (QED) is 0.633. The lowest BCUT2D eigenvalue weighted by atomic mass is 10.0. The van der Waals surface area contributed by atoms with E-state index in [0.29, 0.717) is 6.04 Å². The summed E-state index contributed by atoms with van der Waals surface area (Å²) in [7, 11) is -1.31. The summed E-state index contributed by atoms with van der Waals surface area (Å²) in [6.07, 6.45) is 4.56. The van der Waals surface area contributed by atoms with Crippen LogP contribution in [0.15, 0.2) is 33.7 Å². The zero-order valence-corrected chi connectivity index (χ0v) is 18.9. The monoisotopic (exact) mass is 439 g/mol. The average molecular weight is 440 g/mol. The summed E-state index contributed by atoms with van der Waals surface area (Å²) in [5.74, 6) is 1.72. The fraction of sp³-hybridized carbons (Fsp3) is 0.478. The van der Waals surface area contributed by atoms with Crippen LogP contribution in [0.4, 0.5) is 5.82 Å². The van der Waals surface area contributed by atoms with Crippen molar-refractivity contribution in [1.82, 2.24) is 20.2 Å². The van der Waals surface area contributed by atoms with E-state index in [2.05, 4.69) is 38.3 Å². The third-order valence-electron chi connectivity index (χ3n) is 6.35. The maximum absolute atomic E-state index is 13.4. The fourth-order valence-electron chi connectivity index (χ4n) is 4.71. The topological polar surface area (TPSA) is 83.3 Å². The average Bonchev–Trinajstić information content (AvgIpc) is 3.42. The lowest BCUT2D eigenvalue weighted by Crippen LogP contribution is -2.43. The molecule has 1 aliphatic heterocycles. The number of hydrogen-bond donors (Lipinski definition) is 2. The van der Waals surface area contributed by atoms with Gasteiger partial charge in [-0.15, -0.1) is 0 Å². The van der Waals surface area contributed by atoms with Gasteiger partial charge in [0.15, 0.2) is 0 Å². The van der Waals surface area contributed by atoms with Crippen molar-refractivity contribution < 1.29 is 8.73 Å². The van der Waals surface area contributed by atoms with Crippen LogP contribution in [0.1, 0.15) is 37.1 Å². The van der Waals surface area contributed by atoms with Crippen LogP contribution in [0.2, 0.25) is 0 Å². The molecule has 1 atom stereocenters. The molecular weight excluding hydrogens is 410 g/mol. The second-order valence-corrected chi connectivity index (χ2v) is 9.73. The summed E-state index contributed by atoms with van der Waals surface area (Å²) in [5, 5.41) is 8.43. The normalized spacial score (nSPS) is 18.7. The SMILES string of the molecule is Cc1noc(C)c1-c1cc(S(=O)NC2CCCC2)c2ccc(N3CCNCC3)nc2c1. The van der Waals surface area contributed by atoms with E-state index in [4.69, 9.17) is 9.51 Å². The minimum atomic E-state index is -1.31. The van der Waals surface area contributed by atoms with E-state index in [1.165, 1.54) is 12.8 Å². The van der Waals surface area contributed by atoms with Crippen LogP contribution in [-0.4, -0.2) is 46.6 Å². The van der Waals surface area contributed by atoms with E-state index in [-0.39, 0.29) is 0 Å². The Kier molecular flexibility index (Phi) is 5.77. The number of hydrogen-bond acceptors (Lipinski definition) is 6. The molecule has 3 aromatic rings. The van der Waals surface area contributed by atoms with E-state index < -0.39 is 11.0 Å². The van der Waals surface area contributed by atoms with E-state index in [1.807, 2.05) is 19.9 Å². The molecule has 5 rings (SSSR count). The second-order valence-electron chi connectivity index (χ2n) is 8.51. The Bertz CT molecular complexity index is 1100. The Labute approximate surface area is 185 Å². The Morgan fingerprint density at radius 2 is 1.94 bits per heavy atom. The largest absolute Gasteiger partial charge is 0.361 e. The van der Waals surface area contributed by atoms with Crippen molar-refractivity contribution >= 4 is 27.7 Å². The van der Waals surface area contributed by atoms with Crippen LogP contribution in [0.5, 0.6) is 0 Å². The molecule has 0 radical (unpaired) electrons. The summed E-state index contributed by atoms with van der Waals surface area (Å²) >= 11 is 0. The number of benzene rings is 1. The Hall–Kier alpha value is -2.29. The smallest absolute Gasteiger partial charge is 0.141 e. The van der Waals surface area contributed by atoms with Crippen LogP contribution in [-0.2, 0) is 11.0 Å². The summed E-state index contributed by atoms with van der Waals surface area (Å²) in [5.41, 5.74) is 3.58. The van der Waals surface area contributed by atoms with Crippen LogP contribution in [0.3, 0.4) is 0 Å². The van der Waals surface area contributed by atoms with Gasteiger partial charge in [0.1, 0.15) is 22.6 Å². The fourth-order valence-corrected chi connectivity index (χ4v) is 5.98. The van der Waals surface area contributed by atoms with Gasteiger partial charge in [-0.25, -0.2) is 13.9 Å². The first-order valence-electron chi connectivity index (χ1n) is 11.1. The number of piperazine rings is 1. The molecule has 7 nitrogen and oxygen atoms in total. The van der Waals surface area contributed by atoms with Crippen LogP contribution in [0, 0.1) is 13.8 Å². The van der Waals surface area contributed by atoms with Crippen molar-refractivity contribution in [3.63, 3.8) is 0 Å². The Morgan fingerprint density at radius 1 is 1.16 bits per heavy atom. The standard InChI is InChI=1S/C23H29N5O2S/c1-15-23(16(2)30-26-15)17-13-20-19(7-8-22(25-20)28-11-9-24-10-12-28)21(14-17)31(29)27-18-5-3-4-6-18/h7-8,13-14,18,24,27H,3-6,9-12H2,1-2H3. The maximum atomic E-state index is 13.4. The molecule has 2 N–H and O–H groups in total. The molecule has 0 amide bonds. The molecule has 1 aliphatic carbocycles. The molecule has 1 aromatic carbocycles. The number of rotatable bonds is 5. The Morgan fingerprint density at radius 3 is 2.65 bits per heavy atom. The van der Waals surface area contributed by atoms with Crippen LogP contribution < -0.4 is 14.9 Å². The van der Waals surface area contributed by atoms with Gasteiger partial charge in [-0.2, -0.15) is 0 Å². The molecule has 1 saturated carbocycles. The second kappa shape index (κ2) is 8.68. The van der Waals surface area contributed by atoms with E-state index in [1.54, 1.807) is 0 Å². The van der Waals surface area contributed by atoms with Gasteiger partial charge in [0, 0.05) is 43.2 Å². The molecule has 8 heteroatoms. The molecule has 1 saturated heterocycles. The van der Waals surface area contributed by atoms with E-state index >= 15 is 0 Å². The third kappa shape index (κ3) is 4.12. The van der Waals surface area contributed by atoms with Crippen molar-refractivity contribution in [2.24, 2.45) is 0 Å². The molecule has 31 heavy (non-hydrogen) atoms. The van der Waals surface area contributed by atoms with Crippen molar-refractivity contribution in [3.8, 4) is 11.1 Å². The van der Waals surface area contributed by atoms with Gasteiger partial charge >= 0.3 is 0 Å². The molecule has 3 heterocycles. The molecule has 2 fully saturated rings. The number of aryl methyl sites for hydroxylation is 2. The van der Waals surface area contributed by atoms with E-state index in [0.717, 1.165) is 83.2 Å². The zero-order valence-electron chi connectivity index (χ0n) is 18.1. The molecule has 2 aromatic heterocycles. The first kappa shape index (κ1) is 20.6.